The molecule has 0 saturated carbocycles. The number of ketones is 1. The van der Waals surface area contributed by atoms with Crippen molar-refractivity contribution in [2.24, 2.45) is 0 Å². The Hall–Kier alpha value is -1.88. The van der Waals surface area contributed by atoms with Gasteiger partial charge in [0.25, 0.3) is 0 Å². The largest absolute Gasteiger partial charge is 0.478 e. The lowest BCUT2D eigenvalue weighted by Gasteiger charge is -2.23. The van der Waals surface area contributed by atoms with E-state index in [0.717, 1.165) is 11.1 Å². The molecule has 0 saturated heterocycles. The second-order valence-corrected chi connectivity index (χ2v) is 4.20. The summed E-state index contributed by atoms with van der Waals surface area (Å²) in [6.45, 7) is 4.23. The Kier molecular flexibility index (Phi) is 3.34. The summed E-state index contributed by atoms with van der Waals surface area (Å²) in [5.41, 5.74) is 2.44. The number of carbonyl (C=O) groups excluding carboxylic acids is 1. The third-order valence-corrected chi connectivity index (χ3v) is 3.07. The molecule has 0 aromatic carbocycles. The third-order valence-electron chi connectivity index (χ3n) is 3.07. The van der Waals surface area contributed by atoms with Crippen LogP contribution in [-0.2, 0) is 14.3 Å². The van der Waals surface area contributed by atoms with Crippen LogP contribution in [0.15, 0.2) is 35.1 Å². The van der Waals surface area contributed by atoms with Crippen molar-refractivity contribution < 1.29 is 19.4 Å². The predicted octanol–water partition coefficient (Wildman–Crippen LogP) is 1.09. The van der Waals surface area contributed by atoms with Crippen LogP contribution in [-0.4, -0.2) is 41.1 Å². The molecule has 1 aliphatic heterocycles. The first-order valence-corrected chi connectivity index (χ1v) is 5.79. The van der Waals surface area contributed by atoms with Crippen LogP contribution in [0.5, 0.6) is 0 Å². The van der Waals surface area contributed by atoms with E-state index in [4.69, 9.17) is 9.84 Å². The number of hydrogen-bond acceptors (Lipinski definition) is 4. The summed E-state index contributed by atoms with van der Waals surface area (Å²) < 4.78 is 5.21. The first kappa shape index (κ1) is 12.6. The molecule has 1 heterocycles. The van der Waals surface area contributed by atoms with E-state index in [0.29, 0.717) is 18.7 Å². The fourth-order valence-electron chi connectivity index (χ4n) is 2.11. The van der Waals surface area contributed by atoms with Crippen molar-refractivity contribution in [2.75, 3.05) is 13.2 Å². The van der Waals surface area contributed by atoms with E-state index in [-0.39, 0.29) is 5.78 Å². The van der Waals surface area contributed by atoms with Crippen LogP contribution >= 0.6 is 0 Å². The third kappa shape index (κ3) is 2.09. The van der Waals surface area contributed by atoms with Crippen LogP contribution < -0.4 is 0 Å². The fraction of sp³-hybridized carbons (Fsp3) is 0.385. The summed E-state index contributed by atoms with van der Waals surface area (Å²) in [4.78, 5) is 24.3. The molecule has 0 spiro atoms. The molecule has 0 aromatic rings. The van der Waals surface area contributed by atoms with Gasteiger partial charge in [0, 0.05) is 24.9 Å². The Balaban J connectivity index is 2.26. The summed E-state index contributed by atoms with van der Waals surface area (Å²) in [5.74, 6) is -1.05. The van der Waals surface area contributed by atoms with Gasteiger partial charge in [-0.25, -0.2) is 4.79 Å². The molecule has 0 aromatic heterocycles. The number of hydrogen-bond donors (Lipinski definition) is 1. The molecule has 1 unspecified atom stereocenters. The van der Waals surface area contributed by atoms with E-state index >= 15 is 0 Å². The lowest BCUT2D eigenvalue weighted by molar-refractivity contribution is -0.160. The summed E-state index contributed by atoms with van der Waals surface area (Å²) >= 11 is 0. The van der Waals surface area contributed by atoms with Gasteiger partial charge in [-0.15, -0.1) is 0 Å². The van der Waals surface area contributed by atoms with E-state index in [2.05, 4.69) is 0 Å². The highest BCUT2D eigenvalue weighted by molar-refractivity contribution is 6.06. The molecule has 2 rings (SSSR count). The minimum atomic E-state index is -1.03. The summed E-state index contributed by atoms with van der Waals surface area (Å²) in [7, 11) is 0. The average molecular weight is 249 g/mol. The van der Waals surface area contributed by atoms with E-state index in [1.807, 2.05) is 0 Å². The predicted molar refractivity (Wildman–Crippen MR) is 64.7 cm³/mol. The van der Waals surface area contributed by atoms with Crippen LogP contribution in [0, 0.1) is 0 Å². The number of carboxylic acids is 1. The van der Waals surface area contributed by atoms with Crippen LogP contribution in [0.1, 0.15) is 13.8 Å². The number of nitrogens with zero attached hydrogens (tertiary/aromatic N) is 1. The van der Waals surface area contributed by atoms with Crippen molar-refractivity contribution in [2.45, 2.75) is 20.1 Å². The lowest BCUT2D eigenvalue weighted by Crippen LogP contribution is -2.39. The van der Waals surface area contributed by atoms with E-state index in [1.165, 1.54) is 6.08 Å². The van der Waals surface area contributed by atoms with Gasteiger partial charge in [-0.05, 0) is 37.1 Å². The summed E-state index contributed by atoms with van der Waals surface area (Å²) in [5, 5.41) is 9.12. The lowest BCUT2D eigenvalue weighted by atomic mass is 9.95. The zero-order valence-corrected chi connectivity index (χ0v) is 10.3. The van der Waals surface area contributed by atoms with Crippen molar-refractivity contribution >= 4 is 11.8 Å². The molecular formula is C13H15NO4. The molecule has 0 amide bonds. The zero-order chi connectivity index (χ0) is 13.3. The SMILES string of the molecule is CCOC(C(=O)O)N1C=C2C=CC(=O)C(C)=C2C1. The van der Waals surface area contributed by atoms with Gasteiger partial charge in [0.1, 0.15) is 0 Å². The molecule has 1 N–H and O–H groups in total. The Morgan fingerprint density at radius 2 is 2.28 bits per heavy atom. The van der Waals surface area contributed by atoms with Gasteiger partial charge < -0.3 is 14.7 Å². The monoisotopic (exact) mass is 249 g/mol. The second kappa shape index (κ2) is 4.78. The minimum Gasteiger partial charge on any atom is -0.478 e. The first-order chi connectivity index (χ1) is 8.54. The van der Waals surface area contributed by atoms with Gasteiger partial charge in [0.05, 0.1) is 0 Å². The normalized spacial score (nSPS) is 20.0. The van der Waals surface area contributed by atoms with Gasteiger partial charge in [-0.2, -0.15) is 0 Å². The van der Waals surface area contributed by atoms with Gasteiger partial charge >= 0.3 is 5.97 Å². The Morgan fingerprint density at radius 1 is 1.56 bits per heavy atom. The highest BCUT2D eigenvalue weighted by Crippen LogP contribution is 2.30. The molecule has 18 heavy (non-hydrogen) atoms. The van der Waals surface area contributed by atoms with Crippen molar-refractivity contribution in [1.82, 2.24) is 4.90 Å². The average Bonchev–Trinajstić information content (AvgIpc) is 2.75. The number of carboxylic acid groups (broad SMARTS) is 1. The molecule has 96 valence electrons. The number of carbonyl (C=O) groups is 2. The zero-order valence-electron chi connectivity index (χ0n) is 10.3. The van der Waals surface area contributed by atoms with E-state index in [9.17, 15) is 9.59 Å². The maximum atomic E-state index is 11.5. The van der Waals surface area contributed by atoms with Crippen LogP contribution in [0.2, 0.25) is 0 Å². The van der Waals surface area contributed by atoms with Gasteiger partial charge in [-0.3, -0.25) is 4.79 Å². The smallest absolute Gasteiger partial charge is 0.354 e. The minimum absolute atomic E-state index is 0.0210. The highest BCUT2D eigenvalue weighted by atomic mass is 16.5. The molecule has 5 heteroatoms. The van der Waals surface area contributed by atoms with Gasteiger partial charge in [0.2, 0.25) is 6.23 Å². The Morgan fingerprint density at radius 3 is 2.89 bits per heavy atom. The van der Waals surface area contributed by atoms with Crippen LogP contribution in [0.25, 0.3) is 0 Å². The molecular weight excluding hydrogens is 234 g/mol. The number of allylic oxidation sites excluding steroid dienone is 3. The van der Waals surface area contributed by atoms with Crippen LogP contribution in [0.4, 0.5) is 0 Å². The van der Waals surface area contributed by atoms with Crippen molar-refractivity contribution in [1.29, 1.82) is 0 Å². The van der Waals surface area contributed by atoms with Crippen molar-refractivity contribution in [3.8, 4) is 0 Å². The fourth-order valence-corrected chi connectivity index (χ4v) is 2.11. The van der Waals surface area contributed by atoms with Gasteiger partial charge in [0.15, 0.2) is 5.78 Å². The molecule has 1 atom stereocenters. The molecule has 5 nitrogen and oxygen atoms in total. The number of rotatable bonds is 4. The van der Waals surface area contributed by atoms with Crippen molar-refractivity contribution in [3.63, 3.8) is 0 Å². The topological polar surface area (TPSA) is 66.8 Å². The first-order valence-electron chi connectivity index (χ1n) is 5.79. The van der Waals surface area contributed by atoms with E-state index in [1.54, 1.807) is 31.0 Å². The number of fused-ring (bicyclic) bond motifs is 1. The second-order valence-electron chi connectivity index (χ2n) is 4.20. The standard InChI is InChI=1S/C13H15NO4/c1-3-18-12(13(16)17)14-6-9-4-5-11(15)8(2)10(9)7-14/h4-6,12H,3,7H2,1-2H3,(H,16,17). The molecule has 1 aliphatic carbocycles. The Bertz CT molecular complexity index is 487. The van der Waals surface area contributed by atoms with Crippen molar-refractivity contribution in [3.05, 3.63) is 35.1 Å². The quantitative estimate of drug-likeness (QED) is 0.807. The molecule has 2 aliphatic rings. The van der Waals surface area contributed by atoms with Gasteiger partial charge in [-0.1, -0.05) is 0 Å². The number of ether oxygens (including phenoxy) is 1. The molecule has 0 radical (unpaired) electrons. The maximum absolute atomic E-state index is 11.5. The maximum Gasteiger partial charge on any atom is 0.354 e. The summed E-state index contributed by atoms with van der Waals surface area (Å²) in [6.07, 6.45) is 3.95. The highest BCUT2D eigenvalue weighted by Gasteiger charge is 2.31. The summed E-state index contributed by atoms with van der Waals surface area (Å²) in [6, 6.07) is 0. The molecule has 0 bridgehead atoms. The van der Waals surface area contributed by atoms with E-state index < -0.39 is 12.2 Å². The Labute approximate surface area is 105 Å². The van der Waals surface area contributed by atoms with Crippen LogP contribution in [0.3, 0.4) is 0 Å². The molecule has 0 fully saturated rings. The number of aliphatic carboxylic acids is 1.